The molecule has 1 fully saturated rings. The van der Waals surface area contributed by atoms with Crippen LogP contribution in [0.4, 0.5) is 5.82 Å². The van der Waals surface area contributed by atoms with Gasteiger partial charge in [-0.2, -0.15) is 0 Å². The minimum atomic E-state index is -0.0871. The molecular weight excluding hydrogens is 328 g/mol. The molecular formula is C20H26N4O2. The maximum Gasteiger partial charge on any atom is 0.252 e. The van der Waals surface area contributed by atoms with Crippen LogP contribution in [0.25, 0.3) is 0 Å². The fourth-order valence-electron chi connectivity index (χ4n) is 2.96. The van der Waals surface area contributed by atoms with Crippen LogP contribution < -0.4 is 15.0 Å². The van der Waals surface area contributed by atoms with E-state index in [1.165, 1.54) is 0 Å². The predicted octanol–water partition coefficient (Wildman–Crippen LogP) is 1.81. The Morgan fingerprint density at radius 1 is 1.12 bits per heavy atom. The van der Waals surface area contributed by atoms with Gasteiger partial charge in [0.25, 0.3) is 5.91 Å². The van der Waals surface area contributed by atoms with E-state index in [9.17, 15) is 4.79 Å². The van der Waals surface area contributed by atoms with Crippen LogP contribution in [0.2, 0.25) is 0 Å². The smallest absolute Gasteiger partial charge is 0.252 e. The second-order valence-electron chi connectivity index (χ2n) is 6.55. The van der Waals surface area contributed by atoms with Gasteiger partial charge in [0.2, 0.25) is 0 Å². The highest BCUT2D eigenvalue weighted by Crippen LogP contribution is 2.14. The van der Waals surface area contributed by atoms with Gasteiger partial charge in [-0.1, -0.05) is 12.1 Å². The summed E-state index contributed by atoms with van der Waals surface area (Å²) in [6.07, 6.45) is 2.44. The van der Waals surface area contributed by atoms with E-state index in [4.69, 9.17) is 4.74 Å². The minimum Gasteiger partial charge on any atom is -0.497 e. The summed E-state index contributed by atoms with van der Waals surface area (Å²) < 4.78 is 5.15. The van der Waals surface area contributed by atoms with E-state index in [1.807, 2.05) is 36.4 Å². The molecule has 0 atom stereocenters. The molecule has 2 aromatic rings. The van der Waals surface area contributed by atoms with Crippen LogP contribution in [-0.2, 0) is 6.42 Å². The lowest BCUT2D eigenvalue weighted by molar-refractivity contribution is 0.0954. The number of pyridine rings is 1. The number of carbonyl (C=O) groups excluding carboxylic acids is 1. The quantitative estimate of drug-likeness (QED) is 0.857. The van der Waals surface area contributed by atoms with Crippen LogP contribution in [0.5, 0.6) is 5.75 Å². The summed E-state index contributed by atoms with van der Waals surface area (Å²) in [5.74, 6) is 1.69. The number of benzene rings is 1. The Hall–Kier alpha value is -2.60. The first-order valence-electron chi connectivity index (χ1n) is 8.96. The highest BCUT2D eigenvalue weighted by Gasteiger charge is 2.15. The first kappa shape index (κ1) is 18.2. The molecule has 138 valence electrons. The molecule has 3 rings (SSSR count). The van der Waals surface area contributed by atoms with Gasteiger partial charge in [-0.25, -0.2) is 4.98 Å². The van der Waals surface area contributed by atoms with E-state index in [-0.39, 0.29) is 5.91 Å². The Kier molecular flexibility index (Phi) is 6.07. The zero-order valence-electron chi connectivity index (χ0n) is 15.4. The maximum atomic E-state index is 12.3. The molecule has 1 aromatic heterocycles. The van der Waals surface area contributed by atoms with Crippen molar-refractivity contribution in [2.24, 2.45) is 0 Å². The Bertz CT molecular complexity index is 708. The first-order valence-corrected chi connectivity index (χ1v) is 8.96. The monoisotopic (exact) mass is 354 g/mol. The number of amides is 1. The summed E-state index contributed by atoms with van der Waals surface area (Å²) in [5, 5.41) is 2.95. The Labute approximate surface area is 154 Å². The van der Waals surface area contributed by atoms with E-state index in [0.29, 0.717) is 12.1 Å². The second kappa shape index (κ2) is 8.67. The molecule has 0 aliphatic carbocycles. The summed E-state index contributed by atoms with van der Waals surface area (Å²) in [5.41, 5.74) is 1.76. The Morgan fingerprint density at radius 3 is 2.46 bits per heavy atom. The molecule has 26 heavy (non-hydrogen) atoms. The van der Waals surface area contributed by atoms with Crippen molar-refractivity contribution in [2.45, 2.75) is 6.42 Å². The number of likely N-dealkylation sites (N-methyl/N-ethyl adjacent to an activating group) is 1. The fraction of sp³-hybridized carbons (Fsp3) is 0.400. The molecule has 1 N–H and O–H groups in total. The zero-order valence-corrected chi connectivity index (χ0v) is 15.4. The third kappa shape index (κ3) is 4.73. The molecule has 1 amide bonds. The molecule has 0 bridgehead atoms. The van der Waals surface area contributed by atoms with E-state index in [1.54, 1.807) is 13.3 Å². The summed E-state index contributed by atoms with van der Waals surface area (Å²) in [4.78, 5) is 21.3. The van der Waals surface area contributed by atoms with E-state index in [2.05, 4.69) is 27.1 Å². The number of anilines is 1. The SMILES string of the molecule is COc1ccc(CCNC(=O)c2ccc(N3CCN(C)CC3)nc2)cc1. The Morgan fingerprint density at radius 2 is 1.85 bits per heavy atom. The summed E-state index contributed by atoms with van der Waals surface area (Å²) >= 11 is 0. The first-order chi connectivity index (χ1) is 12.7. The van der Waals surface area contributed by atoms with Crippen LogP contribution >= 0.6 is 0 Å². The van der Waals surface area contributed by atoms with Crippen molar-refractivity contribution >= 4 is 11.7 Å². The molecule has 1 aromatic carbocycles. The lowest BCUT2D eigenvalue weighted by Crippen LogP contribution is -2.44. The molecule has 0 saturated carbocycles. The number of ether oxygens (including phenoxy) is 1. The number of piperazine rings is 1. The van der Waals surface area contributed by atoms with Crippen molar-refractivity contribution in [3.05, 3.63) is 53.7 Å². The van der Waals surface area contributed by atoms with Crippen molar-refractivity contribution in [2.75, 3.05) is 51.8 Å². The molecule has 0 spiro atoms. The van der Waals surface area contributed by atoms with E-state index >= 15 is 0 Å². The van der Waals surface area contributed by atoms with Gasteiger partial charge in [0, 0.05) is 38.9 Å². The number of carbonyl (C=O) groups is 1. The van der Waals surface area contributed by atoms with Crippen LogP contribution in [-0.4, -0.2) is 62.7 Å². The molecule has 6 heteroatoms. The van der Waals surface area contributed by atoms with Crippen molar-refractivity contribution in [1.82, 2.24) is 15.2 Å². The third-order valence-corrected chi connectivity index (χ3v) is 4.70. The lowest BCUT2D eigenvalue weighted by Gasteiger charge is -2.33. The van der Waals surface area contributed by atoms with Crippen LogP contribution in [0, 0.1) is 0 Å². The van der Waals surface area contributed by atoms with Crippen LogP contribution in [0.15, 0.2) is 42.6 Å². The summed E-state index contributed by atoms with van der Waals surface area (Å²) in [6, 6.07) is 11.7. The molecule has 6 nitrogen and oxygen atoms in total. The molecule has 2 heterocycles. The normalized spacial score (nSPS) is 14.9. The number of methoxy groups -OCH3 is 1. The average molecular weight is 354 g/mol. The zero-order chi connectivity index (χ0) is 18.4. The number of hydrogen-bond donors (Lipinski definition) is 1. The topological polar surface area (TPSA) is 57.7 Å². The number of nitrogens with one attached hydrogen (secondary N) is 1. The highest BCUT2D eigenvalue weighted by molar-refractivity contribution is 5.94. The van der Waals surface area contributed by atoms with Gasteiger partial charge in [-0.3, -0.25) is 4.79 Å². The number of nitrogens with zero attached hydrogens (tertiary/aromatic N) is 3. The van der Waals surface area contributed by atoms with Gasteiger partial charge in [0.15, 0.2) is 0 Å². The van der Waals surface area contributed by atoms with Gasteiger partial charge in [0.05, 0.1) is 12.7 Å². The van der Waals surface area contributed by atoms with Crippen LogP contribution in [0.1, 0.15) is 15.9 Å². The van der Waals surface area contributed by atoms with Crippen molar-refractivity contribution in [3.63, 3.8) is 0 Å². The molecule has 1 aliphatic heterocycles. The Balaban J connectivity index is 1.48. The largest absolute Gasteiger partial charge is 0.497 e. The van der Waals surface area contributed by atoms with E-state index < -0.39 is 0 Å². The van der Waals surface area contributed by atoms with Gasteiger partial charge in [-0.05, 0) is 43.3 Å². The second-order valence-corrected chi connectivity index (χ2v) is 6.55. The standard InChI is InChI=1S/C20H26N4O2/c1-23-11-13-24(14-12-23)19-8-5-17(15-22-19)20(25)21-10-9-16-3-6-18(26-2)7-4-16/h3-8,15H,9-14H2,1-2H3,(H,21,25). The molecule has 1 saturated heterocycles. The number of rotatable bonds is 6. The van der Waals surface area contributed by atoms with Crippen LogP contribution in [0.3, 0.4) is 0 Å². The average Bonchev–Trinajstić information content (AvgIpc) is 2.69. The summed E-state index contributed by atoms with van der Waals surface area (Å²) in [6.45, 7) is 4.60. The lowest BCUT2D eigenvalue weighted by atomic mass is 10.1. The number of aromatic nitrogens is 1. The van der Waals surface area contributed by atoms with Gasteiger partial charge in [0.1, 0.15) is 11.6 Å². The molecule has 0 unspecified atom stereocenters. The number of hydrogen-bond acceptors (Lipinski definition) is 5. The summed E-state index contributed by atoms with van der Waals surface area (Å²) in [7, 11) is 3.78. The fourth-order valence-corrected chi connectivity index (χ4v) is 2.96. The molecule has 0 radical (unpaired) electrons. The predicted molar refractivity (Wildman–Crippen MR) is 103 cm³/mol. The molecule has 1 aliphatic rings. The van der Waals surface area contributed by atoms with Crippen molar-refractivity contribution in [1.29, 1.82) is 0 Å². The van der Waals surface area contributed by atoms with Gasteiger partial charge >= 0.3 is 0 Å². The maximum absolute atomic E-state index is 12.3. The highest BCUT2D eigenvalue weighted by atomic mass is 16.5. The van der Waals surface area contributed by atoms with Gasteiger partial charge < -0.3 is 19.9 Å². The van der Waals surface area contributed by atoms with Gasteiger partial charge in [-0.15, -0.1) is 0 Å². The van der Waals surface area contributed by atoms with E-state index in [0.717, 1.165) is 49.7 Å². The third-order valence-electron chi connectivity index (χ3n) is 4.70. The minimum absolute atomic E-state index is 0.0871. The van der Waals surface area contributed by atoms with Crippen molar-refractivity contribution < 1.29 is 9.53 Å². The van der Waals surface area contributed by atoms with Crippen molar-refractivity contribution in [3.8, 4) is 5.75 Å².